The predicted octanol–water partition coefficient (Wildman–Crippen LogP) is 4.33. The van der Waals surface area contributed by atoms with Gasteiger partial charge in [-0.1, -0.05) is 24.3 Å². The van der Waals surface area contributed by atoms with Crippen LogP contribution in [0.25, 0.3) is 32.6 Å². The minimum Gasteiger partial charge on any atom is -0.254 e. The normalized spacial score (nSPS) is 11.2. The molecule has 2 aromatic carbocycles. The van der Waals surface area contributed by atoms with Crippen molar-refractivity contribution < 1.29 is 0 Å². The predicted molar refractivity (Wildman–Crippen MR) is 80.0 cm³/mol. The van der Waals surface area contributed by atoms with Crippen molar-refractivity contribution in [2.24, 2.45) is 5.18 Å². The molecule has 0 saturated carbocycles. The molecule has 0 unspecified atom stereocenters. The van der Waals surface area contributed by atoms with E-state index >= 15 is 0 Å². The topological polar surface area (TPSA) is 55.2 Å². The van der Waals surface area contributed by atoms with Crippen LogP contribution in [0.15, 0.2) is 60.0 Å². The molecule has 0 saturated heterocycles. The van der Waals surface area contributed by atoms with Gasteiger partial charge in [0.1, 0.15) is 5.69 Å². The van der Waals surface area contributed by atoms with Gasteiger partial charge in [-0.05, 0) is 28.8 Å². The van der Waals surface area contributed by atoms with Crippen molar-refractivity contribution in [2.75, 3.05) is 0 Å². The second-order valence-electron chi connectivity index (χ2n) is 4.59. The number of pyridine rings is 2. The maximum Gasteiger partial charge on any atom is 0.116 e. The molecule has 0 aliphatic carbocycles. The molecule has 0 aliphatic rings. The zero-order valence-electron chi connectivity index (χ0n) is 10.4. The molecule has 0 aliphatic heterocycles. The molecule has 0 fully saturated rings. The van der Waals surface area contributed by atoms with Crippen molar-refractivity contribution in [3.05, 3.63) is 59.8 Å². The summed E-state index contributed by atoms with van der Waals surface area (Å²) in [7, 11) is 0. The van der Waals surface area contributed by atoms with Crippen molar-refractivity contribution in [3.8, 4) is 0 Å². The Balaban J connectivity index is 2.46. The molecule has 4 heteroatoms. The van der Waals surface area contributed by atoms with Gasteiger partial charge in [0.25, 0.3) is 0 Å². The number of hydrogen-bond acceptors (Lipinski definition) is 4. The van der Waals surface area contributed by atoms with Crippen molar-refractivity contribution in [1.82, 2.24) is 9.97 Å². The van der Waals surface area contributed by atoms with Gasteiger partial charge in [-0.3, -0.25) is 9.97 Å². The number of hydrogen-bond donors (Lipinski definition) is 0. The quantitative estimate of drug-likeness (QED) is 0.377. The van der Waals surface area contributed by atoms with Gasteiger partial charge in [0, 0.05) is 28.6 Å². The van der Waals surface area contributed by atoms with Gasteiger partial charge < -0.3 is 0 Å². The van der Waals surface area contributed by atoms with Crippen LogP contribution in [-0.2, 0) is 0 Å². The van der Waals surface area contributed by atoms with Crippen molar-refractivity contribution >= 4 is 38.3 Å². The Morgan fingerprint density at radius 1 is 0.750 bits per heavy atom. The number of nitrogens with zero attached hydrogens (tertiary/aromatic N) is 3. The SMILES string of the molecule is O=Nc1cccc2c3cccnc3c3ncccc3c12. The van der Waals surface area contributed by atoms with E-state index in [0.29, 0.717) is 5.69 Å². The molecule has 2 heterocycles. The van der Waals surface area contributed by atoms with E-state index in [4.69, 9.17) is 0 Å². The third kappa shape index (κ3) is 1.36. The standard InChI is InChI=1S/C16H9N3O/c20-19-13-7-1-4-10-11-5-2-8-17-15(11)16-12(14(10)13)6-3-9-18-16/h1-9H. The molecule has 0 radical (unpaired) electrons. The summed E-state index contributed by atoms with van der Waals surface area (Å²) in [6, 6.07) is 13.2. The minimum atomic E-state index is 0.436. The summed E-state index contributed by atoms with van der Waals surface area (Å²) in [6.45, 7) is 0. The van der Waals surface area contributed by atoms with E-state index in [0.717, 1.165) is 32.6 Å². The largest absolute Gasteiger partial charge is 0.254 e. The Kier molecular flexibility index (Phi) is 2.23. The van der Waals surface area contributed by atoms with Crippen LogP contribution in [0.1, 0.15) is 0 Å². The average Bonchev–Trinajstić information content (AvgIpc) is 2.54. The zero-order chi connectivity index (χ0) is 13.5. The fourth-order valence-electron chi connectivity index (χ4n) is 2.73. The van der Waals surface area contributed by atoms with Crippen LogP contribution < -0.4 is 0 Å². The van der Waals surface area contributed by atoms with Crippen LogP contribution in [0.2, 0.25) is 0 Å². The monoisotopic (exact) mass is 259 g/mol. The molecule has 4 aromatic rings. The first-order chi connectivity index (χ1) is 9.90. The van der Waals surface area contributed by atoms with Crippen LogP contribution in [0.5, 0.6) is 0 Å². The third-order valence-corrected chi connectivity index (χ3v) is 3.54. The molecule has 2 aromatic heterocycles. The first kappa shape index (κ1) is 11.0. The van der Waals surface area contributed by atoms with Crippen LogP contribution >= 0.6 is 0 Å². The Bertz CT molecular complexity index is 934. The Labute approximate surface area is 114 Å². The maximum absolute atomic E-state index is 11.1. The zero-order valence-corrected chi connectivity index (χ0v) is 10.4. The van der Waals surface area contributed by atoms with Gasteiger partial charge in [-0.2, -0.15) is 0 Å². The van der Waals surface area contributed by atoms with Crippen molar-refractivity contribution in [1.29, 1.82) is 0 Å². The Morgan fingerprint density at radius 3 is 2.15 bits per heavy atom. The summed E-state index contributed by atoms with van der Waals surface area (Å²) in [5, 5.41) is 6.87. The van der Waals surface area contributed by atoms with Crippen LogP contribution in [0.3, 0.4) is 0 Å². The second-order valence-corrected chi connectivity index (χ2v) is 4.59. The molecule has 4 rings (SSSR count). The van der Waals surface area contributed by atoms with Crippen molar-refractivity contribution in [3.63, 3.8) is 0 Å². The fourth-order valence-corrected chi connectivity index (χ4v) is 2.73. The minimum absolute atomic E-state index is 0.436. The summed E-state index contributed by atoms with van der Waals surface area (Å²) >= 11 is 0. The number of aromatic nitrogens is 2. The average molecular weight is 259 g/mol. The smallest absolute Gasteiger partial charge is 0.116 e. The van der Waals surface area contributed by atoms with E-state index in [2.05, 4.69) is 15.1 Å². The summed E-state index contributed by atoms with van der Waals surface area (Å²) in [6.07, 6.45) is 3.49. The van der Waals surface area contributed by atoms with E-state index < -0.39 is 0 Å². The highest BCUT2D eigenvalue weighted by molar-refractivity contribution is 6.25. The van der Waals surface area contributed by atoms with Crippen LogP contribution in [0.4, 0.5) is 5.69 Å². The highest BCUT2D eigenvalue weighted by Gasteiger charge is 2.12. The molecule has 0 amide bonds. The fraction of sp³-hybridized carbons (Fsp3) is 0. The molecule has 0 spiro atoms. The lowest BCUT2D eigenvalue weighted by Crippen LogP contribution is -1.87. The lowest BCUT2D eigenvalue weighted by Gasteiger charge is -2.09. The van der Waals surface area contributed by atoms with Crippen LogP contribution in [0, 0.1) is 4.91 Å². The summed E-state index contributed by atoms with van der Waals surface area (Å²) < 4.78 is 0. The number of nitroso groups, excluding NO2 is 1. The van der Waals surface area contributed by atoms with Gasteiger partial charge in [0.15, 0.2) is 0 Å². The van der Waals surface area contributed by atoms with Gasteiger partial charge in [-0.25, -0.2) is 0 Å². The molecule has 94 valence electrons. The van der Waals surface area contributed by atoms with Gasteiger partial charge in [-0.15, -0.1) is 4.91 Å². The van der Waals surface area contributed by atoms with E-state index in [1.165, 1.54) is 0 Å². The second kappa shape index (κ2) is 4.06. The van der Waals surface area contributed by atoms with E-state index in [1.54, 1.807) is 18.5 Å². The van der Waals surface area contributed by atoms with Crippen molar-refractivity contribution in [2.45, 2.75) is 0 Å². The lowest BCUT2D eigenvalue weighted by molar-refractivity contribution is 1.38. The lowest BCUT2D eigenvalue weighted by atomic mass is 9.99. The third-order valence-electron chi connectivity index (χ3n) is 3.54. The first-order valence-corrected chi connectivity index (χ1v) is 6.27. The van der Waals surface area contributed by atoms with Crippen LogP contribution in [-0.4, -0.2) is 9.97 Å². The first-order valence-electron chi connectivity index (χ1n) is 6.27. The summed E-state index contributed by atoms with van der Waals surface area (Å²) in [5.74, 6) is 0. The molecule has 0 atom stereocenters. The highest BCUT2D eigenvalue weighted by Crippen LogP contribution is 2.37. The van der Waals surface area contributed by atoms with Gasteiger partial charge >= 0.3 is 0 Å². The molecule has 0 bridgehead atoms. The maximum atomic E-state index is 11.1. The van der Waals surface area contributed by atoms with Gasteiger partial charge in [0.2, 0.25) is 0 Å². The van der Waals surface area contributed by atoms with E-state index in [1.807, 2.05) is 36.4 Å². The highest BCUT2D eigenvalue weighted by atomic mass is 16.3. The Morgan fingerprint density at radius 2 is 1.40 bits per heavy atom. The Hall–Kier alpha value is -2.88. The summed E-state index contributed by atoms with van der Waals surface area (Å²) in [5.41, 5.74) is 2.08. The van der Waals surface area contributed by atoms with E-state index in [9.17, 15) is 4.91 Å². The molecular weight excluding hydrogens is 250 g/mol. The van der Waals surface area contributed by atoms with E-state index in [-0.39, 0.29) is 0 Å². The number of fused-ring (bicyclic) bond motifs is 6. The summed E-state index contributed by atoms with van der Waals surface area (Å²) in [4.78, 5) is 20.0. The number of rotatable bonds is 1. The number of benzene rings is 2. The van der Waals surface area contributed by atoms with Gasteiger partial charge in [0.05, 0.1) is 11.0 Å². The molecular formula is C16H9N3O. The molecule has 4 nitrogen and oxygen atoms in total. The molecule has 20 heavy (non-hydrogen) atoms. The molecule has 0 N–H and O–H groups in total.